The summed E-state index contributed by atoms with van der Waals surface area (Å²) in [4.78, 5) is 0. The van der Waals surface area contributed by atoms with Crippen LogP contribution in [0, 0.1) is 0 Å². The molecule has 2 heteroatoms. The van der Waals surface area contributed by atoms with Crippen molar-refractivity contribution in [3.63, 3.8) is 0 Å². The molecule has 4 aromatic carbocycles. The molecule has 0 bridgehead atoms. The zero-order chi connectivity index (χ0) is 22.0. The maximum absolute atomic E-state index is 11.0. The van der Waals surface area contributed by atoms with Crippen LogP contribution in [0.5, 0.6) is 11.5 Å². The molecule has 4 aromatic rings. The summed E-state index contributed by atoms with van der Waals surface area (Å²) in [7, 11) is 0. The van der Waals surface area contributed by atoms with Gasteiger partial charge in [-0.1, -0.05) is 104 Å². The van der Waals surface area contributed by atoms with Gasteiger partial charge in [-0.15, -0.1) is 0 Å². The van der Waals surface area contributed by atoms with Crippen LogP contribution >= 0.6 is 0 Å². The van der Waals surface area contributed by atoms with Crippen LogP contribution in [-0.4, -0.2) is 10.2 Å². The van der Waals surface area contributed by atoms with Gasteiger partial charge in [0, 0.05) is 16.5 Å². The molecule has 0 aromatic heterocycles. The topological polar surface area (TPSA) is 40.5 Å². The first-order chi connectivity index (χ1) is 15.7. The normalized spacial score (nSPS) is 15.4. The zero-order valence-electron chi connectivity index (χ0n) is 18.2. The van der Waals surface area contributed by atoms with Gasteiger partial charge < -0.3 is 10.2 Å². The van der Waals surface area contributed by atoms with E-state index in [1.807, 2.05) is 48.5 Å². The Morgan fingerprint density at radius 1 is 0.469 bits per heavy atom. The summed E-state index contributed by atoms with van der Waals surface area (Å²) in [6.07, 6.45) is 5.42. The molecule has 2 N–H and O–H groups in total. The predicted molar refractivity (Wildman–Crippen MR) is 131 cm³/mol. The monoisotopic (exact) mass is 420 g/mol. The highest BCUT2D eigenvalue weighted by Gasteiger charge is 2.40. The minimum Gasteiger partial charge on any atom is -0.507 e. The molecule has 0 heterocycles. The highest BCUT2D eigenvalue weighted by molar-refractivity contribution is 5.80. The molecule has 1 aliphatic carbocycles. The Morgan fingerprint density at radius 2 is 0.906 bits per heavy atom. The van der Waals surface area contributed by atoms with E-state index in [0.717, 1.165) is 59.1 Å². The number of hydrogen-bond acceptors (Lipinski definition) is 2. The van der Waals surface area contributed by atoms with E-state index in [9.17, 15) is 10.2 Å². The minimum atomic E-state index is -0.286. The van der Waals surface area contributed by atoms with E-state index >= 15 is 0 Å². The summed E-state index contributed by atoms with van der Waals surface area (Å²) in [6, 6.07) is 32.2. The highest BCUT2D eigenvalue weighted by atomic mass is 16.3. The summed E-state index contributed by atoms with van der Waals surface area (Å²) in [5.41, 5.74) is 5.84. The number of rotatable bonds is 4. The van der Waals surface area contributed by atoms with Crippen LogP contribution in [0.4, 0.5) is 0 Å². The van der Waals surface area contributed by atoms with Crippen molar-refractivity contribution in [3.05, 3.63) is 108 Å². The van der Waals surface area contributed by atoms with Crippen molar-refractivity contribution in [1.29, 1.82) is 0 Å². The van der Waals surface area contributed by atoms with Crippen molar-refractivity contribution in [1.82, 2.24) is 0 Å². The summed E-state index contributed by atoms with van der Waals surface area (Å²) in [5, 5.41) is 22.1. The molecular weight excluding hydrogens is 392 g/mol. The van der Waals surface area contributed by atoms with Crippen LogP contribution in [-0.2, 0) is 5.41 Å². The average molecular weight is 421 g/mol. The summed E-state index contributed by atoms with van der Waals surface area (Å²) in [5.74, 6) is 0.611. The third-order valence-electron chi connectivity index (χ3n) is 6.95. The first kappa shape index (κ1) is 20.4. The van der Waals surface area contributed by atoms with Crippen molar-refractivity contribution in [2.24, 2.45) is 0 Å². The Morgan fingerprint density at radius 3 is 1.34 bits per heavy atom. The van der Waals surface area contributed by atoms with Crippen molar-refractivity contribution in [2.75, 3.05) is 0 Å². The number of benzene rings is 4. The van der Waals surface area contributed by atoms with Gasteiger partial charge in [0.1, 0.15) is 11.5 Å². The summed E-state index contributed by atoms with van der Waals surface area (Å²) < 4.78 is 0. The molecule has 32 heavy (non-hydrogen) atoms. The molecule has 0 saturated heterocycles. The SMILES string of the molecule is Oc1cccc(C2(c3cccc(O)c3-c3ccccc3)CCCCC2)c1-c1ccccc1. The second kappa shape index (κ2) is 8.55. The van der Waals surface area contributed by atoms with Gasteiger partial charge in [-0.05, 0) is 47.2 Å². The Labute approximate surface area is 189 Å². The van der Waals surface area contributed by atoms with Crippen LogP contribution in [0.3, 0.4) is 0 Å². The Balaban J connectivity index is 1.82. The molecule has 1 saturated carbocycles. The first-order valence-corrected chi connectivity index (χ1v) is 11.5. The molecule has 0 aliphatic heterocycles. The maximum atomic E-state index is 11.0. The van der Waals surface area contributed by atoms with E-state index in [4.69, 9.17) is 0 Å². The van der Waals surface area contributed by atoms with E-state index in [0.29, 0.717) is 11.5 Å². The van der Waals surface area contributed by atoms with E-state index < -0.39 is 0 Å². The molecule has 0 spiro atoms. The zero-order valence-corrected chi connectivity index (χ0v) is 18.2. The average Bonchev–Trinajstić information content (AvgIpc) is 2.85. The minimum absolute atomic E-state index is 0.286. The fourth-order valence-electron chi connectivity index (χ4n) is 5.53. The molecule has 0 amide bonds. The van der Waals surface area contributed by atoms with Crippen LogP contribution in [0.25, 0.3) is 22.3 Å². The lowest BCUT2D eigenvalue weighted by atomic mass is 9.62. The second-order valence-electron chi connectivity index (χ2n) is 8.77. The molecule has 5 rings (SSSR count). The Kier molecular flexibility index (Phi) is 5.45. The van der Waals surface area contributed by atoms with Crippen LogP contribution in [0.1, 0.15) is 43.2 Å². The van der Waals surface area contributed by atoms with Crippen molar-refractivity contribution < 1.29 is 10.2 Å². The maximum Gasteiger partial charge on any atom is 0.123 e. The Bertz CT molecular complexity index is 1120. The first-order valence-electron chi connectivity index (χ1n) is 11.5. The lowest BCUT2D eigenvalue weighted by Crippen LogP contribution is -2.32. The van der Waals surface area contributed by atoms with Gasteiger partial charge in [0.05, 0.1) is 0 Å². The molecule has 1 aliphatic rings. The van der Waals surface area contributed by atoms with Crippen molar-refractivity contribution in [3.8, 4) is 33.8 Å². The smallest absolute Gasteiger partial charge is 0.123 e. The summed E-state index contributed by atoms with van der Waals surface area (Å²) in [6.45, 7) is 0. The van der Waals surface area contributed by atoms with Gasteiger partial charge >= 0.3 is 0 Å². The van der Waals surface area contributed by atoms with E-state index in [2.05, 4.69) is 36.4 Å². The lowest BCUT2D eigenvalue weighted by molar-refractivity contribution is 0.345. The third kappa shape index (κ3) is 3.46. The molecule has 1 fully saturated rings. The predicted octanol–water partition coefficient (Wildman–Crippen LogP) is 7.68. The molecule has 0 radical (unpaired) electrons. The van der Waals surface area contributed by atoms with E-state index in [-0.39, 0.29) is 5.41 Å². The molecule has 0 unspecified atom stereocenters. The lowest BCUT2D eigenvalue weighted by Gasteiger charge is -2.41. The van der Waals surface area contributed by atoms with Crippen LogP contribution < -0.4 is 0 Å². The second-order valence-corrected chi connectivity index (χ2v) is 8.77. The Hall–Kier alpha value is -3.52. The quantitative estimate of drug-likeness (QED) is 0.355. The number of aromatic hydroxyl groups is 2. The third-order valence-corrected chi connectivity index (χ3v) is 6.95. The number of phenols is 2. The number of phenolic OH excluding ortho intramolecular Hbond substituents is 2. The van der Waals surface area contributed by atoms with Gasteiger partial charge in [0.2, 0.25) is 0 Å². The molecule has 160 valence electrons. The van der Waals surface area contributed by atoms with Gasteiger partial charge in [0.25, 0.3) is 0 Å². The van der Waals surface area contributed by atoms with Gasteiger partial charge in [0.15, 0.2) is 0 Å². The molecule has 0 atom stereocenters. The number of hydrogen-bond donors (Lipinski definition) is 2. The van der Waals surface area contributed by atoms with Gasteiger partial charge in [-0.2, -0.15) is 0 Å². The van der Waals surface area contributed by atoms with Crippen LogP contribution in [0.15, 0.2) is 97.1 Å². The van der Waals surface area contributed by atoms with Crippen molar-refractivity contribution in [2.45, 2.75) is 37.5 Å². The molecular formula is C30H28O2. The highest BCUT2D eigenvalue weighted by Crippen LogP contribution is 2.53. The largest absolute Gasteiger partial charge is 0.507 e. The van der Waals surface area contributed by atoms with Crippen LogP contribution in [0.2, 0.25) is 0 Å². The fraction of sp³-hybridized carbons (Fsp3) is 0.200. The van der Waals surface area contributed by atoms with E-state index in [1.165, 1.54) is 6.42 Å². The van der Waals surface area contributed by atoms with Gasteiger partial charge in [-0.25, -0.2) is 0 Å². The fourth-order valence-corrected chi connectivity index (χ4v) is 5.53. The van der Waals surface area contributed by atoms with Gasteiger partial charge in [-0.3, -0.25) is 0 Å². The summed E-state index contributed by atoms with van der Waals surface area (Å²) >= 11 is 0. The standard InChI is InChI=1S/C30H28O2/c31-26-18-10-16-24(28(26)22-12-4-1-5-13-22)30(20-8-3-9-21-30)25-17-11-19-27(32)29(25)23-14-6-2-7-15-23/h1-2,4-7,10-19,31-32H,3,8-9,20-21H2. The molecule has 2 nitrogen and oxygen atoms in total. The van der Waals surface area contributed by atoms with Crippen molar-refractivity contribution >= 4 is 0 Å². The van der Waals surface area contributed by atoms with E-state index in [1.54, 1.807) is 12.1 Å².